The summed E-state index contributed by atoms with van der Waals surface area (Å²) >= 11 is 0. The van der Waals surface area contributed by atoms with E-state index in [1.54, 1.807) is 11.6 Å². The van der Waals surface area contributed by atoms with Crippen LogP contribution in [-0.4, -0.2) is 16.4 Å². The molecule has 0 amide bonds. The molecule has 0 spiro atoms. The third-order valence-electron chi connectivity index (χ3n) is 3.02. The lowest BCUT2D eigenvalue weighted by Crippen LogP contribution is -1.99. The predicted octanol–water partition coefficient (Wildman–Crippen LogP) is 2.95. The van der Waals surface area contributed by atoms with Crippen LogP contribution in [0.15, 0.2) is 12.1 Å². The zero-order valence-corrected chi connectivity index (χ0v) is 12.0. The normalized spacial score (nSPS) is 10.7. The molecule has 0 fully saturated rings. The van der Waals surface area contributed by atoms with Crippen LogP contribution in [0.3, 0.4) is 0 Å². The van der Waals surface area contributed by atoms with Crippen LogP contribution in [0.25, 0.3) is 0 Å². The average molecular weight is 279 g/mol. The van der Waals surface area contributed by atoms with Crippen LogP contribution < -0.4 is 15.2 Å². The Kier molecular flexibility index (Phi) is 3.83. The topological polar surface area (TPSA) is 62.3 Å². The summed E-state index contributed by atoms with van der Waals surface area (Å²) < 4.78 is 26.3. The number of nitrogens with zero attached hydrogens (tertiary/aromatic N) is 2. The first-order chi connectivity index (χ1) is 9.43. The highest BCUT2D eigenvalue weighted by Gasteiger charge is 2.15. The monoisotopic (exact) mass is 279 g/mol. The summed E-state index contributed by atoms with van der Waals surface area (Å²) in [7, 11) is 1.83. The minimum atomic E-state index is -0.503. The second-order valence-electron chi connectivity index (χ2n) is 4.48. The largest absolute Gasteiger partial charge is 0.491 e. The summed E-state index contributed by atoms with van der Waals surface area (Å²) in [6, 6.07) is 2.65. The zero-order chi connectivity index (χ0) is 14.9. The number of halogens is 1. The number of rotatable bonds is 4. The molecular formula is C14H18FN3O2. The highest BCUT2D eigenvalue weighted by molar-refractivity contribution is 5.58. The second-order valence-corrected chi connectivity index (χ2v) is 4.48. The van der Waals surface area contributed by atoms with Gasteiger partial charge in [0.25, 0.3) is 0 Å². The predicted molar refractivity (Wildman–Crippen MR) is 74.7 cm³/mol. The van der Waals surface area contributed by atoms with Crippen molar-refractivity contribution < 1.29 is 13.9 Å². The van der Waals surface area contributed by atoms with Gasteiger partial charge >= 0.3 is 0 Å². The van der Waals surface area contributed by atoms with Crippen molar-refractivity contribution in [2.75, 3.05) is 12.3 Å². The fourth-order valence-electron chi connectivity index (χ4n) is 1.92. The van der Waals surface area contributed by atoms with E-state index in [0.29, 0.717) is 18.1 Å². The molecule has 0 aliphatic carbocycles. The molecule has 0 saturated carbocycles. The number of nitrogen functional groups attached to an aromatic ring is 1. The fraction of sp³-hybridized carbons (Fsp3) is 0.357. The number of nitrogens with two attached hydrogens (primary N) is 1. The van der Waals surface area contributed by atoms with Crippen molar-refractivity contribution in [3.63, 3.8) is 0 Å². The van der Waals surface area contributed by atoms with Crippen molar-refractivity contribution >= 4 is 5.69 Å². The van der Waals surface area contributed by atoms with Gasteiger partial charge in [-0.2, -0.15) is 5.10 Å². The first-order valence-electron chi connectivity index (χ1n) is 6.33. The molecule has 6 heteroatoms. The molecule has 2 aromatic rings. The van der Waals surface area contributed by atoms with Crippen LogP contribution in [0.1, 0.15) is 18.3 Å². The lowest BCUT2D eigenvalue weighted by molar-refractivity contribution is 0.319. The van der Waals surface area contributed by atoms with Gasteiger partial charge < -0.3 is 15.2 Å². The molecule has 0 aliphatic rings. The van der Waals surface area contributed by atoms with Crippen molar-refractivity contribution in [2.45, 2.75) is 20.8 Å². The highest BCUT2D eigenvalue weighted by Crippen LogP contribution is 2.35. The molecule has 0 radical (unpaired) electrons. The first-order valence-corrected chi connectivity index (χ1v) is 6.33. The summed E-state index contributed by atoms with van der Waals surface area (Å²) in [5.41, 5.74) is 7.62. The van der Waals surface area contributed by atoms with Gasteiger partial charge in [0.2, 0.25) is 0 Å². The summed E-state index contributed by atoms with van der Waals surface area (Å²) in [6.07, 6.45) is 0. The molecule has 0 unspecified atom stereocenters. The Labute approximate surface area is 117 Å². The molecule has 108 valence electrons. The molecular weight excluding hydrogens is 261 g/mol. The van der Waals surface area contributed by atoms with Crippen LogP contribution in [-0.2, 0) is 7.05 Å². The van der Waals surface area contributed by atoms with Gasteiger partial charge in [0.15, 0.2) is 23.1 Å². The third-order valence-corrected chi connectivity index (χ3v) is 3.02. The van der Waals surface area contributed by atoms with Gasteiger partial charge in [-0.1, -0.05) is 0 Å². The molecule has 1 heterocycles. The van der Waals surface area contributed by atoms with Gasteiger partial charge in [0.05, 0.1) is 18.0 Å². The number of anilines is 1. The Hall–Kier alpha value is -2.24. The Morgan fingerprint density at radius 3 is 2.55 bits per heavy atom. The summed E-state index contributed by atoms with van der Waals surface area (Å²) in [4.78, 5) is 0. The van der Waals surface area contributed by atoms with Gasteiger partial charge in [-0.15, -0.1) is 0 Å². The van der Waals surface area contributed by atoms with E-state index in [2.05, 4.69) is 5.10 Å². The quantitative estimate of drug-likeness (QED) is 0.874. The molecule has 2 N–H and O–H groups in total. The van der Waals surface area contributed by atoms with Crippen molar-refractivity contribution in [3.8, 4) is 17.2 Å². The minimum absolute atomic E-state index is 0.121. The average Bonchev–Trinajstić information content (AvgIpc) is 2.61. The van der Waals surface area contributed by atoms with Crippen LogP contribution in [0.2, 0.25) is 0 Å². The first kappa shape index (κ1) is 14.2. The number of aromatic nitrogens is 2. The summed E-state index contributed by atoms with van der Waals surface area (Å²) in [5.74, 6) is 0.592. The molecule has 0 saturated heterocycles. The van der Waals surface area contributed by atoms with Crippen LogP contribution in [0.4, 0.5) is 10.1 Å². The number of benzene rings is 1. The van der Waals surface area contributed by atoms with Gasteiger partial charge in [-0.3, -0.25) is 4.68 Å². The van der Waals surface area contributed by atoms with E-state index >= 15 is 0 Å². The highest BCUT2D eigenvalue weighted by atomic mass is 19.1. The van der Waals surface area contributed by atoms with E-state index < -0.39 is 5.82 Å². The zero-order valence-electron chi connectivity index (χ0n) is 12.0. The lowest BCUT2D eigenvalue weighted by atomic mass is 10.2. The Bertz CT molecular complexity index is 638. The Morgan fingerprint density at radius 1 is 1.30 bits per heavy atom. The summed E-state index contributed by atoms with van der Waals surface area (Å²) in [5, 5.41) is 4.26. The molecule has 2 rings (SSSR count). The maximum absolute atomic E-state index is 13.6. The fourth-order valence-corrected chi connectivity index (χ4v) is 1.92. The van der Waals surface area contributed by atoms with Gasteiger partial charge in [-0.25, -0.2) is 4.39 Å². The van der Waals surface area contributed by atoms with Crippen molar-refractivity contribution in [1.29, 1.82) is 0 Å². The van der Waals surface area contributed by atoms with E-state index in [1.165, 1.54) is 12.1 Å². The van der Waals surface area contributed by atoms with Crippen molar-refractivity contribution in [3.05, 3.63) is 29.3 Å². The van der Waals surface area contributed by atoms with Crippen molar-refractivity contribution in [1.82, 2.24) is 9.78 Å². The molecule has 1 aromatic heterocycles. The minimum Gasteiger partial charge on any atom is -0.491 e. The van der Waals surface area contributed by atoms with Crippen LogP contribution >= 0.6 is 0 Å². The second kappa shape index (κ2) is 5.40. The maximum Gasteiger partial charge on any atom is 0.171 e. The Balaban J connectivity index is 2.40. The van der Waals surface area contributed by atoms with Crippen LogP contribution in [0, 0.1) is 19.7 Å². The van der Waals surface area contributed by atoms with E-state index in [4.69, 9.17) is 15.2 Å². The lowest BCUT2D eigenvalue weighted by Gasteiger charge is -2.12. The van der Waals surface area contributed by atoms with Gasteiger partial charge in [-0.05, 0) is 20.8 Å². The van der Waals surface area contributed by atoms with Crippen molar-refractivity contribution in [2.24, 2.45) is 7.05 Å². The maximum atomic E-state index is 13.6. The number of hydrogen-bond donors (Lipinski definition) is 1. The van der Waals surface area contributed by atoms with E-state index in [0.717, 1.165) is 11.4 Å². The third kappa shape index (κ3) is 2.54. The number of aryl methyl sites for hydroxylation is 2. The van der Waals surface area contributed by atoms with E-state index in [9.17, 15) is 4.39 Å². The molecule has 20 heavy (non-hydrogen) atoms. The van der Waals surface area contributed by atoms with E-state index in [-0.39, 0.29) is 11.4 Å². The molecule has 0 bridgehead atoms. The SMILES string of the molecule is CCOc1cc(Oc2c(C)nn(C)c2C)c(N)cc1F. The smallest absolute Gasteiger partial charge is 0.171 e. The van der Waals surface area contributed by atoms with E-state index in [1.807, 2.05) is 20.9 Å². The van der Waals surface area contributed by atoms with Gasteiger partial charge in [0, 0.05) is 19.2 Å². The van der Waals surface area contributed by atoms with Crippen LogP contribution in [0.5, 0.6) is 17.2 Å². The molecule has 5 nitrogen and oxygen atoms in total. The number of ether oxygens (including phenoxy) is 2. The number of hydrogen-bond acceptors (Lipinski definition) is 4. The Morgan fingerprint density at radius 2 is 2.00 bits per heavy atom. The standard InChI is InChI=1S/C14H18FN3O2/c1-5-19-12-7-13(11(16)6-10(12)15)20-14-8(2)17-18(4)9(14)3/h6-7H,5,16H2,1-4H3. The summed E-state index contributed by atoms with van der Waals surface area (Å²) in [6.45, 7) is 5.88. The molecule has 1 aromatic carbocycles. The molecule has 0 atom stereocenters. The molecule has 0 aliphatic heterocycles. The van der Waals surface area contributed by atoms with Gasteiger partial charge in [0.1, 0.15) is 5.69 Å².